The highest BCUT2D eigenvalue weighted by molar-refractivity contribution is 8.02. The van der Waals surface area contributed by atoms with Gasteiger partial charge in [0, 0.05) is 30.6 Å². The Labute approximate surface area is 259 Å². The van der Waals surface area contributed by atoms with Gasteiger partial charge in [0.25, 0.3) is 0 Å². The third-order valence-corrected chi connectivity index (χ3v) is 11.6. The molecule has 0 radical (unpaired) electrons. The van der Waals surface area contributed by atoms with Gasteiger partial charge in [-0.1, -0.05) is 81.0 Å². The van der Waals surface area contributed by atoms with Gasteiger partial charge >= 0.3 is 0 Å². The molecule has 3 saturated heterocycles. The van der Waals surface area contributed by atoms with Crippen LogP contribution in [0.5, 0.6) is 0 Å². The molecule has 43 heavy (non-hydrogen) atoms. The number of hydrogen-bond acceptors (Lipinski definition) is 5. The van der Waals surface area contributed by atoms with Crippen LogP contribution in [0.4, 0.5) is 5.69 Å². The molecule has 7 nitrogen and oxygen atoms in total. The first-order valence-corrected chi connectivity index (χ1v) is 16.3. The van der Waals surface area contributed by atoms with Crippen LogP contribution in [0.1, 0.15) is 44.7 Å². The highest BCUT2D eigenvalue weighted by atomic mass is 32.2. The molecule has 228 valence electrons. The lowest BCUT2D eigenvalue weighted by Gasteiger charge is -2.42. The number of thioether (sulfide) groups is 1. The van der Waals surface area contributed by atoms with Crippen molar-refractivity contribution in [2.75, 3.05) is 31.1 Å². The molecule has 3 amide bonds. The number of nitrogens with zero attached hydrogens (tertiary/aromatic N) is 3. The van der Waals surface area contributed by atoms with E-state index in [1.807, 2.05) is 65.6 Å². The molecule has 3 aliphatic rings. The van der Waals surface area contributed by atoms with Crippen molar-refractivity contribution >= 4 is 35.2 Å². The lowest BCUT2D eigenvalue weighted by molar-refractivity contribution is -0.145. The van der Waals surface area contributed by atoms with E-state index >= 15 is 0 Å². The van der Waals surface area contributed by atoms with Crippen LogP contribution in [0.25, 0.3) is 0 Å². The Morgan fingerprint density at radius 1 is 1.07 bits per heavy atom. The second kappa shape index (κ2) is 13.1. The second-order valence-electron chi connectivity index (χ2n) is 11.9. The van der Waals surface area contributed by atoms with Crippen LogP contribution >= 0.6 is 11.8 Å². The Morgan fingerprint density at radius 3 is 2.33 bits per heavy atom. The van der Waals surface area contributed by atoms with Crippen LogP contribution in [0, 0.1) is 17.8 Å². The van der Waals surface area contributed by atoms with Crippen molar-refractivity contribution in [3.05, 3.63) is 91.5 Å². The number of rotatable bonds is 13. The Morgan fingerprint density at radius 2 is 1.72 bits per heavy atom. The monoisotopic (exact) mass is 601 g/mol. The lowest BCUT2D eigenvalue weighted by Crippen LogP contribution is -2.58. The molecule has 2 aromatic rings. The van der Waals surface area contributed by atoms with Gasteiger partial charge in [0.05, 0.1) is 29.2 Å². The fourth-order valence-electron chi connectivity index (χ4n) is 7.60. The number of hydrogen-bond donors (Lipinski definition) is 1. The normalized spacial score (nSPS) is 27.9. The zero-order valence-corrected chi connectivity index (χ0v) is 26.0. The molecule has 1 N–H and O–H groups in total. The maximum Gasteiger partial charge on any atom is 0.247 e. The number of carbonyl (C=O) groups excluding carboxylic acids is 3. The lowest BCUT2D eigenvalue weighted by atomic mass is 9.65. The van der Waals surface area contributed by atoms with Gasteiger partial charge in [-0.2, -0.15) is 0 Å². The Bertz CT molecular complexity index is 1340. The number of aliphatic hydroxyl groups excluding tert-OH is 1. The summed E-state index contributed by atoms with van der Waals surface area (Å²) in [7, 11) is 0. The van der Waals surface area contributed by atoms with Crippen molar-refractivity contribution in [2.24, 2.45) is 17.8 Å². The van der Waals surface area contributed by atoms with Crippen LogP contribution in [0.15, 0.2) is 86.0 Å². The summed E-state index contributed by atoms with van der Waals surface area (Å²) in [6.07, 6.45) is 5.93. The highest BCUT2D eigenvalue weighted by Gasteiger charge is 2.77. The van der Waals surface area contributed by atoms with E-state index in [0.29, 0.717) is 19.6 Å². The predicted molar refractivity (Wildman–Crippen MR) is 172 cm³/mol. The van der Waals surface area contributed by atoms with Crippen molar-refractivity contribution in [2.45, 2.75) is 55.2 Å². The van der Waals surface area contributed by atoms with Gasteiger partial charge in [-0.3, -0.25) is 14.4 Å². The molecule has 0 saturated carbocycles. The van der Waals surface area contributed by atoms with E-state index in [9.17, 15) is 19.5 Å². The number of likely N-dealkylation sites (tertiary alicyclic amines) is 1. The van der Waals surface area contributed by atoms with Gasteiger partial charge < -0.3 is 19.8 Å². The minimum absolute atomic E-state index is 0.0240. The van der Waals surface area contributed by atoms with Crippen molar-refractivity contribution in [3.63, 3.8) is 0 Å². The van der Waals surface area contributed by atoms with Gasteiger partial charge in [-0.05, 0) is 36.5 Å². The first kappa shape index (κ1) is 31.1. The van der Waals surface area contributed by atoms with E-state index in [1.54, 1.807) is 33.7 Å². The molecule has 8 heteroatoms. The summed E-state index contributed by atoms with van der Waals surface area (Å²) in [5, 5.41) is 10.7. The smallest absolute Gasteiger partial charge is 0.247 e. The van der Waals surface area contributed by atoms with Gasteiger partial charge in [-0.25, -0.2) is 0 Å². The van der Waals surface area contributed by atoms with Crippen LogP contribution < -0.4 is 4.90 Å². The first-order valence-electron chi connectivity index (χ1n) is 15.4. The summed E-state index contributed by atoms with van der Waals surface area (Å²) >= 11 is 1.66. The molecule has 3 unspecified atom stereocenters. The third-order valence-electron chi connectivity index (χ3n) is 9.48. The summed E-state index contributed by atoms with van der Waals surface area (Å²) in [6.45, 7) is 12.9. The van der Waals surface area contributed by atoms with Crippen LogP contribution in [0.3, 0.4) is 0 Å². The standard InChI is InChI=1S/C35H43N3O4S/c1-5-8-21-36(19-6-2)34(42)31-35-24(4)22-28(43-35)29(32(40)37(20-7-3)26-17-13-10-14-18-26)30(35)33(41)38(31)27(23-39)25-15-11-9-12-16-25/h6-7,9-18,24,27-31,39H,2-3,5,8,19-23H2,1,4H3/t24?,27-,28-,29+,30+,31?,35?/m1/s1. The molecule has 2 aromatic carbocycles. The molecule has 2 bridgehead atoms. The largest absolute Gasteiger partial charge is 0.394 e. The molecular formula is C35H43N3O4S. The zero-order valence-electron chi connectivity index (χ0n) is 25.2. The minimum Gasteiger partial charge on any atom is -0.394 e. The summed E-state index contributed by atoms with van der Waals surface area (Å²) in [6, 6.07) is 17.4. The average molecular weight is 602 g/mol. The number of fused-ring (bicyclic) bond motifs is 1. The molecular weight excluding hydrogens is 558 g/mol. The number of aliphatic hydroxyl groups is 1. The summed E-state index contributed by atoms with van der Waals surface area (Å²) in [5.41, 5.74) is 1.52. The van der Waals surface area contributed by atoms with Crippen molar-refractivity contribution in [3.8, 4) is 0 Å². The minimum atomic E-state index is -0.813. The second-order valence-corrected chi connectivity index (χ2v) is 13.5. The predicted octanol–water partition coefficient (Wildman–Crippen LogP) is 5.09. The van der Waals surface area contributed by atoms with Gasteiger partial charge in [0.2, 0.25) is 17.7 Å². The number of amides is 3. The molecule has 7 atom stereocenters. The topological polar surface area (TPSA) is 81.2 Å². The van der Waals surface area contributed by atoms with E-state index in [1.165, 1.54) is 0 Å². The molecule has 0 aromatic heterocycles. The highest BCUT2D eigenvalue weighted by Crippen LogP contribution is 2.69. The summed E-state index contributed by atoms with van der Waals surface area (Å²) < 4.78 is -0.788. The average Bonchev–Trinajstić information content (AvgIpc) is 3.62. The fourth-order valence-corrected chi connectivity index (χ4v) is 9.99. The Kier molecular flexibility index (Phi) is 9.47. The number of anilines is 1. The molecule has 0 aliphatic carbocycles. The zero-order chi connectivity index (χ0) is 30.7. The van der Waals surface area contributed by atoms with E-state index in [0.717, 1.165) is 30.5 Å². The Hall–Kier alpha value is -3.36. The van der Waals surface area contributed by atoms with Crippen LogP contribution in [0.2, 0.25) is 0 Å². The summed E-state index contributed by atoms with van der Waals surface area (Å²) in [4.78, 5) is 49.3. The van der Waals surface area contributed by atoms with E-state index in [4.69, 9.17) is 0 Å². The van der Waals surface area contributed by atoms with Crippen LogP contribution in [-0.2, 0) is 14.4 Å². The van der Waals surface area contributed by atoms with E-state index in [-0.39, 0.29) is 35.5 Å². The van der Waals surface area contributed by atoms with E-state index in [2.05, 4.69) is 27.0 Å². The molecule has 1 spiro atoms. The Balaban J connectivity index is 1.63. The summed E-state index contributed by atoms with van der Waals surface area (Å²) in [5.74, 6) is -1.71. The number of unbranched alkanes of at least 4 members (excludes halogenated alkanes) is 1. The number of benzene rings is 2. The molecule has 3 fully saturated rings. The van der Waals surface area contributed by atoms with Crippen molar-refractivity contribution in [1.29, 1.82) is 0 Å². The van der Waals surface area contributed by atoms with Crippen LogP contribution in [-0.4, -0.2) is 74.9 Å². The molecule has 3 aliphatic heterocycles. The SMILES string of the molecule is C=CCN(CCCC)C(=O)C1N([C@H](CO)c2ccccc2)C(=O)[C@@H]2[C@@H](C(=O)N(CC=C)c3ccccc3)[C@H]3CC(C)C12S3. The van der Waals surface area contributed by atoms with Gasteiger partial charge in [0.15, 0.2) is 0 Å². The van der Waals surface area contributed by atoms with Crippen molar-refractivity contribution < 1.29 is 19.5 Å². The van der Waals surface area contributed by atoms with Crippen molar-refractivity contribution in [1.82, 2.24) is 9.80 Å². The van der Waals surface area contributed by atoms with Gasteiger partial charge in [-0.15, -0.1) is 24.9 Å². The molecule has 5 rings (SSSR count). The maximum absolute atomic E-state index is 14.9. The quantitative estimate of drug-likeness (QED) is 0.324. The van der Waals surface area contributed by atoms with Gasteiger partial charge in [0.1, 0.15) is 6.04 Å². The first-order chi connectivity index (χ1) is 20.8. The maximum atomic E-state index is 14.9. The number of carbonyl (C=O) groups is 3. The number of para-hydroxylation sites is 1. The van der Waals surface area contributed by atoms with E-state index < -0.39 is 28.7 Å². The third kappa shape index (κ3) is 5.22. The molecule has 3 heterocycles. The fraction of sp³-hybridized carbons (Fsp3) is 0.457.